The maximum Gasteiger partial charge on any atom is 0.337 e. The van der Waals surface area contributed by atoms with Crippen LogP contribution < -0.4 is 4.74 Å². The fourth-order valence-corrected chi connectivity index (χ4v) is 1.70. The van der Waals surface area contributed by atoms with Crippen LogP contribution in [0.25, 0.3) is 0 Å². The van der Waals surface area contributed by atoms with Gasteiger partial charge in [0.1, 0.15) is 5.75 Å². The third kappa shape index (κ3) is 6.25. The molecule has 0 N–H and O–H groups in total. The molecule has 0 aliphatic carbocycles. The van der Waals surface area contributed by atoms with Gasteiger partial charge in [-0.2, -0.15) is 0 Å². The Hall–Kier alpha value is -1.55. The highest BCUT2D eigenvalue weighted by Crippen LogP contribution is 2.13. The van der Waals surface area contributed by atoms with Crippen LogP contribution in [-0.4, -0.2) is 33.4 Å². The number of methoxy groups -OCH3 is 2. The van der Waals surface area contributed by atoms with E-state index in [9.17, 15) is 4.79 Å². The molecule has 0 aliphatic rings. The smallest absolute Gasteiger partial charge is 0.337 e. The molecule has 0 unspecified atom stereocenters. The minimum Gasteiger partial charge on any atom is -0.494 e. The first kappa shape index (κ1) is 15.5. The Labute approximate surface area is 114 Å². The van der Waals surface area contributed by atoms with Gasteiger partial charge < -0.3 is 14.2 Å². The minimum absolute atomic E-state index is 0.329. The van der Waals surface area contributed by atoms with Gasteiger partial charge in [0.2, 0.25) is 0 Å². The van der Waals surface area contributed by atoms with Gasteiger partial charge in [-0.25, -0.2) is 4.79 Å². The minimum atomic E-state index is -0.329. The average molecular weight is 266 g/mol. The summed E-state index contributed by atoms with van der Waals surface area (Å²) in [7, 11) is 3.09. The molecule has 0 saturated carbocycles. The molecule has 0 aliphatic heterocycles. The monoisotopic (exact) mass is 266 g/mol. The highest BCUT2D eigenvalue weighted by molar-refractivity contribution is 5.89. The second-order valence-corrected chi connectivity index (χ2v) is 4.27. The van der Waals surface area contributed by atoms with E-state index in [1.807, 2.05) is 0 Å². The average Bonchev–Trinajstić information content (AvgIpc) is 2.46. The second-order valence-electron chi connectivity index (χ2n) is 4.27. The summed E-state index contributed by atoms with van der Waals surface area (Å²) in [6.07, 6.45) is 4.44. The van der Waals surface area contributed by atoms with Gasteiger partial charge in [-0.15, -0.1) is 0 Å². The Balaban J connectivity index is 2.18. The summed E-state index contributed by atoms with van der Waals surface area (Å²) in [5, 5.41) is 0. The van der Waals surface area contributed by atoms with Crippen molar-refractivity contribution >= 4 is 5.97 Å². The molecule has 1 rings (SSSR count). The van der Waals surface area contributed by atoms with Gasteiger partial charge in [-0.3, -0.25) is 0 Å². The van der Waals surface area contributed by atoms with E-state index in [1.165, 1.54) is 13.5 Å². The number of unbranched alkanes of at least 4 members (excludes halogenated alkanes) is 3. The summed E-state index contributed by atoms with van der Waals surface area (Å²) >= 11 is 0. The van der Waals surface area contributed by atoms with Crippen LogP contribution >= 0.6 is 0 Å². The molecule has 0 radical (unpaired) electrons. The maximum atomic E-state index is 11.2. The summed E-state index contributed by atoms with van der Waals surface area (Å²) in [5.74, 6) is 0.453. The molecule has 1 aromatic carbocycles. The van der Waals surface area contributed by atoms with Crippen molar-refractivity contribution < 1.29 is 19.0 Å². The molecule has 0 aromatic heterocycles. The lowest BCUT2D eigenvalue weighted by atomic mass is 10.2. The molecule has 0 spiro atoms. The number of rotatable bonds is 9. The molecule has 0 atom stereocenters. The molecule has 0 saturated heterocycles. The number of ether oxygens (including phenoxy) is 3. The Morgan fingerprint density at radius 2 is 1.58 bits per heavy atom. The Kier molecular flexibility index (Phi) is 7.66. The lowest BCUT2D eigenvalue weighted by molar-refractivity contribution is 0.0600. The van der Waals surface area contributed by atoms with Crippen LogP contribution in [0.4, 0.5) is 0 Å². The third-order valence-corrected chi connectivity index (χ3v) is 2.79. The molecular weight excluding hydrogens is 244 g/mol. The van der Waals surface area contributed by atoms with Gasteiger partial charge in [-0.05, 0) is 43.5 Å². The summed E-state index contributed by atoms with van der Waals surface area (Å²) in [6.45, 7) is 1.53. The SMILES string of the molecule is COCCCCCCOc1ccc(C(=O)OC)cc1. The zero-order chi connectivity index (χ0) is 13.9. The van der Waals surface area contributed by atoms with E-state index in [1.54, 1.807) is 31.4 Å². The van der Waals surface area contributed by atoms with Gasteiger partial charge in [0.25, 0.3) is 0 Å². The molecule has 0 heterocycles. The first-order chi connectivity index (χ1) is 9.27. The molecule has 4 heteroatoms. The van der Waals surface area contributed by atoms with Crippen molar-refractivity contribution in [2.75, 3.05) is 27.4 Å². The van der Waals surface area contributed by atoms with E-state index in [4.69, 9.17) is 9.47 Å². The number of carbonyl (C=O) groups excluding carboxylic acids is 1. The number of benzene rings is 1. The van der Waals surface area contributed by atoms with Crippen LogP contribution in [-0.2, 0) is 9.47 Å². The Bertz CT molecular complexity index is 359. The lowest BCUT2D eigenvalue weighted by Crippen LogP contribution is -2.01. The van der Waals surface area contributed by atoms with Crippen molar-refractivity contribution in [1.29, 1.82) is 0 Å². The maximum absolute atomic E-state index is 11.2. The van der Waals surface area contributed by atoms with Crippen molar-refractivity contribution in [1.82, 2.24) is 0 Å². The van der Waals surface area contributed by atoms with Crippen molar-refractivity contribution in [2.24, 2.45) is 0 Å². The highest BCUT2D eigenvalue weighted by Gasteiger charge is 2.04. The summed E-state index contributed by atoms with van der Waals surface area (Å²) < 4.78 is 15.2. The predicted molar refractivity (Wildman–Crippen MR) is 73.6 cm³/mol. The normalized spacial score (nSPS) is 10.2. The fraction of sp³-hybridized carbons (Fsp3) is 0.533. The highest BCUT2D eigenvalue weighted by atomic mass is 16.5. The molecule has 0 bridgehead atoms. The molecule has 19 heavy (non-hydrogen) atoms. The first-order valence-electron chi connectivity index (χ1n) is 6.58. The van der Waals surface area contributed by atoms with E-state index in [2.05, 4.69) is 4.74 Å². The van der Waals surface area contributed by atoms with Gasteiger partial charge in [0.15, 0.2) is 0 Å². The van der Waals surface area contributed by atoms with Crippen LogP contribution in [0.1, 0.15) is 36.0 Å². The van der Waals surface area contributed by atoms with Crippen molar-refractivity contribution in [3.05, 3.63) is 29.8 Å². The van der Waals surface area contributed by atoms with Gasteiger partial charge in [0, 0.05) is 13.7 Å². The zero-order valence-electron chi connectivity index (χ0n) is 11.7. The van der Waals surface area contributed by atoms with E-state index in [0.717, 1.165) is 31.6 Å². The van der Waals surface area contributed by atoms with Crippen molar-refractivity contribution in [3.8, 4) is 5.75 Å². The number of esters is 1. The number of hydrogen-bond donors (Lipinski definition) is 0. The van der Waals surface area contributed by atoms with Crippen LogP contribution in [0, 0.1) is 0 Å². The van der Waals surface area contributed by atoms with E-state index in [-0.39, 0.29) is 5.97 Å². The van der Waals surface area contributed by atoms with Crippen LogP contribution in [0.5, 0.6) is 5.75 Å². The van der Waals surface area contributed by atoms with Crippen molar-refractivity contribution in [2.45, 2.75) is 25.7 Å². The molecule has 0 fully saturated rings. The molecule has 0 amide bonds. The van der Waals surface area contributed by atoms with Gasteiger partial charge in [-0.1, -0.05) is 6.42 Å². The molecule has 1 aromatic rings. The predicted octanol–water partition coefficient (Wildman–Crippen LogP) is 3.06. The zero-order valence-corrected chi connectivity index (χ0v) is 11.7. The fourth-order valence-electron chi connectivity index (χ4n) is 1.70. The lowest BCUT2D eigenvalue weighted by Gasteiger charge is -2.06. The summed E-state index contributed by atoms with van der Waals surface area (Å²) in [4.78, 5) is 11.2. The van der Waals surface area contributed by atoms with Crippen LogP contribution in [0.3, 0.4) is 0 Å². The third-order valence-electron chi connectivity index (χ3n) is 2.79. The summed E-state index contributed by atoms with van der Waals surface area (Å²) in [6, 6.07) is 6.99. The standard InChI is InChI=1S/C15H22O4/c1-17-11-5-3-4-6-12-19-14-9-7-13(8-10-14)15(16)18-2/h7-10H,3-6,11-12H2,1-2H3. The molecular formula is C15H22O4. The van der Waals surface area contributed by atoms with Crippen LogP contribution in [0.2, 0.25) is 0 Å². The Morgan fingerprint density at radius 3 is 2.16 bits per heavy atom. The molecule has 4 nitrogen and oxygen atoms in total. The second kappa shape index (κ2) is 9.39. The Morgan fingerprint density at radius 1 is 0.947 bits per heavy atom. The van der Waals surface area contributed by atoms with Crippen LogP contribution in [0.15, 0.2) is 24.3 Å². The largest absolute Gasteiger partial charge is 0.494 e. The number of hydrogen-bond acceptors (Lipinski definition) is 4. The summed E-state index contributed by atoms with van der Waals surface area (Å²) in [5.41, 5.74) is 0.536. The topological polar surface area (TPSA) is 44.8 Å². The quantitative estimate of drug-likeness (QED) is 0.509. The van der Waals surface area contributed by atoms with E-state index in [0.29, 0.717) is 12.2 Å². The molecule has 106 valence electrons. The van der Waals surface area contributed by atoms with E-state index >= 15 is 0 Å². The van der Waals surface area contributed by atoms with Crippen molar-refractivity contribution in [3.63, 3.8) is 0 Å². The van der Waals surface area contributed by atoms with E-state index < -0.39 is 0 Å². The van der Waals surface area contributed by atoms with Gasteiger partial charge >= 0.3 is 5.97 Å². The van der Waals surface area contributed by atoms with Gasteiger partial charge in [0.05, 0.1) is 19.3 Å². The number of carbonyl (C=O) groups is 1. The first-order valence-corrected chi connectivity index (χ1v) is 6.58.